The van der Waals surface area contributed by atoms with E-state index in [1.807, 2.05) is 0 Å². The second-order valence-corrected chi connectivity index (χ2v) is 3.83. The molecule has 9 nitrogen and oxygen atoms in total. The average Bonchev–Trinajstić information content (AvgIpc) is 2.89. The monoisotopic (exact) mass is 291 g/mol. The van der Waals surface area contributed by atoms with Crippen LogP contribution in [0.3, 0.4) is 0 Å². The summed E-state index contributed by atoms with van der Waals surface area (Å²) in [6, 6.07) is 1.51. The maximum atomic E-state index is 11.6. The molecule has 0 bridgehead atoms. The number of anilines is 1. The molecule has 2 N–H and O–H groups in total. The largest absolute Gasteiger partial charge is 0.463 e. The van der Waals surface area contributed by atoms with Crippen molar-refractivity contribution >= 4 is 17.6 Å². The Kier molecular flexibility index (Phi) is 4.12. The fourth-order valence-electron chi connectivity index (χ4n) is 1.53. The molecule has 0 aliphatic rings. The minimum absolute atomic E-state index is 0.0184. The highest BCUT2D eigenvalue weighted by molar-refractivity contribution is 5.92. The van der Waals surface area contributed by atoms with Gasteiger partial charge in [0.25, 0.3) is 0 Å². The van der Waals surface area contributed by atoms with Crippen LogP contribution in [0.25, 0.3) is 5.82 Å². The van der Waals surface area contributed by atoms with Gasteiger partial charge < -0.3 is 15.2 Å². The first-order valence-electron chi connectivity index (χ1n) is 6.00. The molecule has 0 aromatic carbocycles. The standard InChI is InChI=1S/C12H13N5O4/c1-3-21-11(18)9-7(13)6-17(16-9)8-4-5-14-10(15-8)12(19)20-2/h4-6H,3,13H2,1-2H3. The summed E-state index contributed by atoms with van der Waals surface area (Å²) in [6.45, 7) is 1.89. The van der Waals surface area contributed by atoms with Crippen molar-refractivity contribution in [3.8, 4) is 5.82 Å². The summed E-state index contributed by atoms with van der Waals surface area (Å²) < 4.78 is 10.6. The number of methoxy groups -OCH3 is 1. The molecule has 0 aliphatic heterocycles. The van der Waals surface area contributed by atoms with Crippen molar-refractivity contribution in [2.24, 2.45) is 0 Å². The highest BCUT2D eigenvalue weighted by Crippen LogP contribution is 2.14. The Labute approximate surface area is 119 Å². The van der Waals surface area contributed by atoms with Crippen molar-refractivity contribution in [3.05, 3.63) is 30.0 Å². The number of aromatic nitrogens is 4. The third-order valence-electron chi connectivity index (χ3n) is 2.45. The van der Waals surface area contributed by atoms with E-state index < -0.39 is 11.9 Å². The molecule has 2 heterocycles. The van der Waals surface area contributed by atoms with Crippen LogP contribution in [0.1, 0.15) is 28.0 Å². The van der Waals surface area contributed by atoms with Gasteiger partial charge in [-0.15, -0.1) is 0 Å². The van der Waals surface area contributed by atoms with Crippen LogP contribution in [0.5, 0.6) is 0 Å². The lowest BCUT2D eigenvalue weighted by Gasteiger charge is -2.02. The third kappa shape index (κ3) is 2.96. The molecule has 0 radical (unpaired) electrons. The number of rotatable bonds is 4. The number of esters is 2. The van der Waals surface area contributed by atoms with Crippen LogP contribution in [-0.2, 0) is 9.47 Å². The van der Waals surface area contributed by atoms with Gasteiger partial charge in [-0.05, 0) is 6.92 Å². The quantitative estimate of drug-likeness (QED) is 0.793. The van der Waals surface area contributed by atoms with Crippen molar-refractivity contribution in [2.75, 3.05) is 19.5 Å². The summed E-state index contributed by atoms with van der Waals surface area (Å²) >= 11 is 0. The molecule has 110 valence electrons. The molecule has 0 fully saturated rings. The highest BCUT2D eigenvalue weighted by Gasteiger charge is 2.18. The molecule has 0 amide bonds. The van der Waals surface area contributed by atoms with Gasteiger partial charge in [-0.1, -0.05) is 0 Å². The van der Waals surface area contributed by atoms with E-state index in [0.717, 1.165) is 0 Å². The van der Waals surface area contributed by atoms with E-state index in [4.69, 9.17) is 10.5 Å². The Bertz CT molecular complexity index is 682. The minimum atomic E-state index is -0.678. The van der Waals surface area contributed by atoms with E-state index in [1.54, 1.807) is 6.92 Å². The maximum Gasteiger partial charge on any atom is 0.376 e. The summed E-state index contributed by atoms with van der Waals surface area (Å²) in [4.78, 5) is 30.8. The Morgan fingerprint density at radius 1 is 1.38 bits per heavy atom. The first kappa shape index (κ1) is 14.4. The molecule has 2 aromatic heterocycles. The van der Waals surface area contributed by atoms with Crippen molar-refractivity contribution in [2.45, 2.75) is 6.92 Å². The summed E-state index contributed by atoms with van der Waals surface area (Å²) in [5.41, 5.74) is 5.84. The SMILES string of the molecule is CCOC(=O)c1nn(-c2ccnc(C(=O)OC)n2)cc1N. The van der Waals surface area contributed by atoms with Gasteiger partial charge in [-0.25, -0.2) is 24.2 Å². The van der Waals surface area contributed by atoms with Crippen LogP contribution in [0.4, 0.5) is 5.69 Å². The number of carbonyl (C=O) groups is 2. The van der Waals surface area contributed by atoms with Gasteiger partial charge >= 0.3 is 11.9 Å². The Balaban J connectivity index is 2.37. The summed E-state index contributed by atoms with van der Waals surface area (Å²) in [5, 5.41) is 4.00. The maximum absolute atomic E-state index is 11.6. The smallest absolute Gasteiger partial charge is 0.376 e. The number of carbonyl (C=O) groups excluding carboxylic acids is 2. The van der Waals surface area contributed by atoms with E-state index in [-0.39, 0.29) is 29.6 Å². The Hall–Kier alpha value is -2.97. The molecule has 2 aromatic rings. The summed E-state index contributed by atoms with van der Waals surface area (Å²) in [5.74, 6) is -1.16. The third-order valence-corrected chi connectivity index (χ3v) is 2.45. The van der Waals surface area contributed by atoms with Crippen molar-refractivity contribution in [1.29, 1.82) is 0 Å². The first-order valence-corrected chi connectivity index (χ1v) is 6.00. The van der Waals surface area contributed by atoms with Crippen LogP contribution in [0, 0.1) is 0 Å². The number of nitrogens with two attached hydrogens (primary N) is 1. The van der Waals surface area contributed by atoms with E-state index >= 15 is 0 Å². The average molecular weight is 291 g/mol. The molecule has 0 unspecified atom stereocenters. The molecule has 2 rings (SSSR count). The zero-order valence-corrected chi connectivity index (χ0v) is 11.4. The molecule has 21 heavy (non-hydrogen) atoms. The van der Waals surface area contributed by atoms with Gasteiger partial charge in [-0.2, -0.15) is 5.10 Å². The van der Waals surface area contributed by atoms with Crippen LogP contribution in [0.15, 0.2) is 18.5 Å². The predicted octanol–water partition coefficient (Wildman–Crippen LogP) is 0.208. The van der Waals surface area contributed by atoms with E-state index in [1.165, 1.54) is 30.3 Å². The topological polar surface area (TPSA) is 122 Å². The molecule has 0 saturated carbocycles. The van der Waals surface area contributed by atoms with E-state index in [2.05, 4.69) is 19.8 Å². The van der Waals surface area contributed by atoms with E-state index in [0.29, 0.717) is 0 Å². The lowest BCUT2D eigenvalue weighted by molar-refractivity contribution is 0.0518. The van der Waals surface area contributed by atoms with Gasteiger partial charge in [0.2, 0.25) is 5.82 Å². The van der Waals surface area contributed by atoms with Gasteiger partial charge in [0.15, 0.2) is 11.5 Å². The van der Waals surface area contributed by atoms with Gasteiger partial charge in [0.05, 0.1) is 25.6 Å². The Morgan fingerprint density at radius 2 is 2.14 bits per heavy atom. The second kappa shape index (κ2) is 5.99. The van der Waals surface area contributed by atoms with Crippen molar-refractivity contribution in [3.63, 3.8) is 0 Å². The number of hydrogen-bond donors (Lipinski definition) is 1. The van der Waals surface area contributed by atoms with Gasteiger partial charge in [0.1, 0.15) is 0 Å². The molecule has 0 aliphatic carbocycles. The molecule has 0 spiro atoms. The minimum Gasteiger partial charge on any atom is -0.463 e. The summed E-state index contributed by atoms with van der Waals surface area (Å²) in [6.07, 6.45) is 2.77. The molecule has 0 atom stereocenters. The fraction of sp³-hybridized carbons (Fsp3) is 0.250. The predicted molar refractivity (Wildman–Crippen MR) is 70.9 cm³/mol. The first-order chi connectivity index (χ1) is 10.1. The normalized spacial score (nSPS) is 10.2. The number of nitrogen functional groups attached to an aromatic ring is 1. The summed E-state index contributed by atoms with van der Waals surface area (Å²) in [7, 11) is 1.23. The van der Waals surface area contributed by atoms with Crippen LogP contribution in [-0.4, -0.2) is 45.4 Å². The zero-order chi connectivity index (χ0) is 15.4. The number of hydrogen-bond acceptors (Lipinski definition) is 8. The molecule has 9 heteroatoms. The van der Waals surface area contributed by atoms with Crippen LogP contribution >= 0.6 is 0 Å². The number of ether oxygens (including phenoxy) is 2. The molecular formula is C12H13N5O4. The number of nitrogens with zero attached hydrogens (tertiary/aromatic N) is 4. The molecule has 0 saturated heterocycles. The van der Waals surface area contributed by atoms with Crippen molar-refractivity contribution in [1.82, 2.24) is 19.7 Å². The van der Waals surface area contributed by atoms with Crippen LogP contribution in [0.2, 0.25) is 0 Å². The van der Waals surface area contributed by atoms with E-state index in [9.17, 15) is 9.59 Å². The second-order valence-electron chi connectivity index (χ2n) is 3.83. The lowest BCUT2D eigenvalue weighted by Crippen LogP contribution is -2.11. The van der Waals surface area contributed by atoms with Crippen molar-refractivity contribution < 1.29 is 19.1 Å². The zero-order valence-electron chi connectivity index (χ0n) is 11.4. The van der Waals surface area contributed by atoms with Crippen LogP contribution < -0.4 is 5.73 Å². The Morgan fingerprint density at radius 3 is 2.81 bits per heavy atom. The molecular weight excluding hydrogens is 278 g/mol. The fourth-order valence-corrected chi connectivity index (χ4v) is 1.53. The van der Waals surface area contributed by atoms with Gasteiger partial charge in [0, 0.05) is 12.3 Å². The highest BCUT2D eigenvalue weighted by atomic mass is 16.5. The lowest BCUT2D eigenvalue weighted by atomic mass is 10.4. The van der Waals surface area contributed by atoms with Gasteiger partial charge in [-0.3, -0.25) is 0 Å².